The Morgan fingerprint density at radius 2 is 1.74 bits per heavy atom. The molecule has 13 heteroatoms. The van der Waals surface area contributed by atoms with E-state index < -0.39 is 42.3 Å². The lowest BCUT2D eigenvalue weighted by Gasteiger charge is -2.52. The standard InChI is InChI=1S/C29H37F6N5OS/c1-18(2)39-11-8-26(9-12-39)14-21(15-26)42-20-5-6-23(19(3)13-20)37-25-36-16-22(28(30,31)32)24(38-25)40-10-4-7-27(41,17-40)29(33,34)35/h5-6,13,16,18,21,41H,4,7-12,14-15,17H2,1-3H3,(H,36,37,38). The van der Waals surface area contributed by atoms with Gasteiger partial charge in [0.25, 0.3) is 0 Å². The molecule has 1 aromatic carbocycles. The summed E-state index contributed by atoms with van der Waals surface area (Å²) in [6.07, 6.45) is -5.15. The number of anilines is 3. The molecule has 0 bridgehead atoms. The van der Waals surface area contributed by atoms with Crippen LogP contribution in [0.15, 0.2) is 29.3 Å². The number of likely N-dealkylation sites (tertiary alicyclic amines) is 1. The summed E-state index contributed by atoms with van der Waals surface area (Å²) in [6, 6.07) is 6.36. The van der Waals surface area contributed by atoms with Crippen LogP contribution in [0.1, 0.15) is 63.5 Å². The number of aliphatic hydroxyl groups is 1. The summed E-state index contributed by atoms with van der Waals surface area (Å²) in [7, 11) is 0. The number of aryl methyl sites for hydroxylation is 1. The van der Waals surface area contributed by atoms with Crippen molar-refractivity contribution in [3.8, 4) is 0 Å². The molecule has 3 aliphatic rings. The Bertz CT molecular complexity index is 1270. The second kappa shape index (κ2) is 11.4. The fourth-order valence-corrected chi connectivity index (χ4v) is 8.05. The zero-order valence-corrected chi connectivity index (χ0v) is 24.8. The van der Waals surface area contributed by atoms with Gasteiger partial charge in [-0.25, -0.2) is 4.98 Å². The van der Waals surface area contributed by atoms with Crippen molar-refractivity contribution in [1.82, 2.24) is 14.9 Å². The number of aromatic nitrogens is 2. The third-order valence-corrected chi connectivity index (χ3v) is 10.2. The van der Waals surface area contributed by atoms with E-state index in [0.717, 1.165) is 28.4 Å². The van der Waals surface area contributed by atoms with Crippen molar-refractivity contribution in [3.63, 3.8) is 0 Å². The second-order valence-electron chi connectivity index (χ2n) is 12.4. The third kappa shape index (κ3) is 6.47. The molecule has 2 N–H and O–H groups in total. The van der Waals surface area contributed by atoms with Gasteiger partial charge in [0.15, 0.2) is 5.60 Å². The van der Waals surface area contributed by atoms with E-state index in [1.54, 1.807) is 0 Å². The molecular formula is C29H37F6N5OS. The lowest BCUT2D eigenvalue weighted by Crippen LogP contribution is -2.57. The number of β-amino-alcohol motifs (C(OH)–C–C–N with tert-alkyl or cyclic N) is 1. The van der Waals surface area contributed by atoms with Crippen LogP contribution in [0.3, 0.4) is 0 Å². The summed E-state index contributed by atoms with van der Waals surface area (Å²) in [5.41, 5.74) is -2.49. The highest BCUT2D eigenvalue weighted by molar-refractivity contribution is 8.00. The Balaban J connectivity index is 1.27. The number of nitrogens with one attached hydrogen (secondary N) is 1. The van der Waals surface area contributed by atoms with Crippen LogP contribution in [-0.4, -0.2) is 69.2 Å². The number of piperidine rings is 2. The zero-order chi connectivity index (χ0) is 30.5. The fraction of sp³-hybridized carbons (Fsp3) is 0.655. The second-order valence-corrected chi connectivity index (χ2v) is 13.7. The maximum absolute atomic E-state index is 13.8. The number of alkyl halides is 6. The predicted molar refractivity (Wildman–Crippen MR) is 151 cm³/mol. The minimum absolute atomic E-state index is 0.110. The Morgan fingerprint density at radius 1 is 1.05 bits per heavy atom. The van der Waals surface area contributed by atoms with Gasteiger partial charge in [-0.2, -0.15) is 31.3 Å². The van der Waals surface area contributed by atoms with Crippen LogP contribution < -0.4 is 10.2 Å². The van der Waals surface area contributed by atoms with Crippen LogP contribution >= 0.6 is 11.8 Å². The molecule has 6 nitrogen and oxygen atoms in total. The van der Waals surface area contributed by atoms with Gasteiger partial charge in [-0.05, 0) is 102 Å². The highest BCUT2D eigenvalue weighted by atomic mass is 32.2. The van der Waals surface area contributed by atoms with Gasteiger partial charge in [-0.15, -0.1) is 11.8 Å². The van der Waals surface area contributed by atoms with Crippen molar-refractivity contribution in [2.24, 2.45) is 5.41 Å². The summed E-state index contributed by atoms with van der Waals surface area (Å²) in [5.74, 6) is -0.860. The first-order valence-electron chi connectivity index (χ1n) is 14.3. The van der Waals surface area contributed by atoms with Crippen LogP contribution in [-0.2, 0) is 6.18 Å². The highest BCUT2D eigenvalue weighted by Gasteiger charge is 2.56. The van der Waals surface area contributed by atoms with Gasteiger partial charge < -0.3 is 20.2 Å². The number of halogens is 6. The lowest BCUT2D eigenvalue weighted by molar-refractivity contribution is -0.261. The van der Waals surface area contributed by atoms with E-state index in [2.05, 4.69) is 34.0 Å². The Hall–Kier alpha value is -2.25. The van der Waals surface area contributed by atoms with Gasteiger partial charge in [0, 0.05) is 34.6 Å². The van der Waals surface area contributed by atoms with Gasteiger partial charge in [-0.3, -0.25) is 0 Å². The quantitative estimate of drug-likeness (QED) is 0.333. The number of thioether (sulfide) groups is 1. The Morgan fingerprint density at radius 3 is 2.33 bits per heavy atom. The Labute approximate surface area is 246 Å². The van der Waals surface area contributed by atoms with Gasteiger partial charge in [0.1, 0.15) is 11.4 Å². The van der Waals surface area contributed by atoms with Crippen molar-refractivity contribution >= 4 is 29.2 Å². The molecule has 0 radical (unpaired) electrons. The Kier molecular flexibility index (Phi) is 8.43. The van der Waals surface area contributed by atoms with Gasteiger partial charge >= 0.3 is 12.4 Å². The molecule has 1 aromatic heterocycles. The van der Waals surface area contributed by atoms with E-state index in [0.29, 0.717) is 28.6 Å². The van der Waals surface area contributed by atoms with E-state index in [1.807, 2.05) is 36.9 Å². The first kappa shape index (κ1) is 31.2. The largest absolute Gasteiger partial charge is 0.421 e. The van der Waals surface area contributed by atoms with Crippen LogP contribution in [0.4, 0.5) is 43.8 Å². The molecule has 3 heterocycles. The zero-order valence-electron chi connectivity index (χ0n) is 23.9. The van der Waals surface area contributed by atoms with Crippen molar-refractivity contribution < 1.29 is 31.4 Å². The number of hydrogen-bond acceptors (Lipinski definition) is 7. The monoisotopic (exact) mass is 617 g/mol. The average molecular weight is 618 g/mol. The molecule has 42 heavy (non-hydrogen) atoms. The maximum atomic E-state index is 13.8. The summed E-state index contributed by atoms with van der Waals surface area (Å²) in [5, 5.41) is 13.7. The molecule has 232 valence electrons. The summed E-state index contributed by atoms with van der Waals surface area (Å²) in [4.78, 5) is 12.3. The molecule has 1 unspecified atom stereocenters. The van der Waals surface area contributed by atoms with E-state index in [9.17, 15) is 31.4 Å². The van der Waals surface area contributed by atoms with Crippen LogP contribution in [0.5, 0.6) is 0 Å². The minimum Gasteiger partial charge on any atom is -0.379 e. The maximum Gasteiger partial charge on any atom is 0.421 e. The highest BCUT2D eigenvalue weighted by Crippen LogP contribution is 2.55. The molecule has 0 amide bonds. The molecule has 5 rings (SSSR count). The van der Waals surface area contributed by atoms with E-state index in [4.69, 9.17) is 0 Å². The van der Waals surface area contributed by atoms with Crippen molar-refractivity contribution in [3.05, 3.63) is 35.5 Å². The number of hydrogen-bond donors (Lipinski definition) is 2. The van der Waals surface area contributed by atoms with Crippen LogP contribution in [0.2, 0.25) is 0 Å². The molecular weight excluding hydrogens is 580 g/mol. The van der Waals surface area contributed by atoms with E-state index >= 15 is 0 Å². The molecule has 2 saturated heterocycles. The van der Waals surface area contributed by atoms with Crippen molar-refractivity contribution in [2.45, 2.75) is 93.4 Å². The first-order valence-corrected chi connectivity index (χ1v) is 15.2. The fourth-order valence-electron chi connectivity index (χ4n) is 6.40. The molecule has 1 atom stereocenters. The summed E-state index contributed by atoms with van der Waals surface area (Å²) in [6.45, 7) is 7.52. The predicted octanol–water partition coefficient (Wildman–Crippen LogP) is 7.19. The van der Waals surface area contributed by atoms with Crippen LogP contribution in [0.25, 0.3) is 0 Å². The first-order chi connectivity index (χ1) is 19.6. The normalized spacial score (nSPS) is 23.8. The third-order valence-electron chi connectivity index (χ3n) is 9.03. The topological polar surface area (TPSA) is 64.5 Å². The number of benzene rings is 1. The summed E-state index contributed by atoms with van der Waals surface area (Å²) >= 11 is 1.84. The van der Waals surface area contributed by atoms with Crippen LogP contribution in [0, 0.1) is 12.3 Å². The average Bonchev–Trinajstić information content (AvgIpc) is 2.88. The molecule has 1 aliphatic carbocycles. The van der Waals surface area contributed by atoms with Gasteiger partial charge in [0.2, 0.25) is 5.95 Å². The summed E-state index contributed by atoms with van der Waals surface area (Å²) < 4.78 is 81.8. The number of rotatable bonds is 6. The molecule has 1 spiro atoms. The minimum atomic E-state index is -4.99. The lowest BCUT2D eigenvalue weighted by atomic mass is 9.63. The molecule has 1 saturated carbocycles. The smallest absolute Gasteiger partial charge is 0.379 e. The van der Waals surface area contributed by atoms with E-state index in [1.165, 1.54) is 25.7 Å². The number of nitrogens with zero attached hydrogens (tertiary/aromatic N) is 4. The van der Waals surface area contributed by atoms with E-state index in [-0.39, 0.29) is 18.9 Å². The molecule has 3 fully saturated rings. The molecule has 2 aromatic rings. The van der Waals surface area contributed by atoms with Gasteiger partial charge in [-0.1, -0.05) is 0 Å². The van der Waals surface area contributed by atoms with Crippen molar-refractivity contribution in [2.75, 3.05) is 36.4 Å². The van der Waals surface area contributed by atoms with Crippen molar-refractivity contribution in [1.29, 1.82) is 0 Å². The van der Waals surface area contributed by atoms with Gasteiger partial charge in [0.05, 0.1) is 6.54 Å². The molecule has 2 aliphatic heterocycles. The SMILES string of the molecule is Cc1cc(SC2CC3(CCN(C(C)C)CC3)C2)ccc1Nc1ncc(C(F)(F)F)c(N2CCCC(O)(C(F)(F)F)C2)n1.